The van der Waals surface area contributed by atoms with Crippen LogP contribution in [0.5, 0.6) is 0 Å². The van der Waals surface area contributed by atoms with Crippen LogP contribution in [0, 0.1) is 11.8 Å². The number of nitrogens with one attached hydrogen (secondary N) is 1. The molecule has 1 saturated carbocycles. The molecule has 4 unspecified atom stereocenters. The Balaban J connectivity index is 1.72. The van der Waals surface area contributed by atoms with E-state index in [1.54, 1.807) is 11.1 Å². The third-order valence-corrected chi connectivity index (χ3v) is 5.19. The van der Waals surface area contributed by atoms with E-state index in [0.29, 0.717) is 0 Å². The van der Waals surface area contributed by atoms with Crippen LogP contribution < -0.4 is 5.32 Å². The van der Waals surface area contributed by atoms with Gasteiger partial charge >= 0.3 is 0 Å². The molecule has 1 fully saturated rings. The van der Waals surface area contributed by atoms with E-state index in [9.17, 15) is 0 Å². The molecule has 1 heteroatoms. The quantitative estimate of drug-likeness (QED) is 0.836. The molecule has 4 atom stereocenters. The minimum atomic E-state index is 0.746. The molecule has 0 aromatic heterocycles. The van der Waals surface area contributed by atoms with Crippen molar-refractivity contribution >= 4 is 0 Å². The number of hydrogen-bond acceptors (Lipinski definition) is 1. The van der Waals surface area contributed by atoms with Gasteiger partial charge < -0.3 is 5.32 Å². The molecule has 2 aliphatic rings. The standard InChI is InChI=1S/C18H27N/c1-3-19-18(17-11-13(17)2)12-15-9-6-8-14-7-4-5-10-16(14)15/h4-5,7,10,13,15,17-19H,3,6,8-9,11-12H2,1-2H3. The highest BCUT2D eigenvalue weighted by molar-refractivity contribution is 5.32. The lowest BCUT2D eigenvalue weighted by molar-refractivity contribution is 0.376. The smallest absolute Gasteiger partial charge is 0.0104 e. The Morgan fingerprint density at radius 3 is 2.84 bits per heavy atom. The summed E-state index contributed by atoms with van der Waals surface area (Å²) in [6.45, 7) is 5.76. The van der Waals surface area contributed by atoms with Crippen molar-refractivity contribution in [2.24, 2.45) is 11.8 Å². The van der Waals surface area contributed by atoms with Gasteiger partial charge in [0, 0.05) is 6.04 Å². The molecule has 0 amide bonds. The van der Waals surface area contributed by atoms with E-state index < -0.39 is 0 Å². The molecular weight excluding hydrogens is 230 g/mol. The van der Waals surface area contributed by atoms with Gasteiger partial charge in [0.15, 0.2) is 0 Å². The van der Waals surface area contributed by atoms with Crippen LogP contribution in [-0.4, -0.2) is 12.6 Å². The summed E-state index contributed by atoms with van der Waals surface area (Å²) >= 11 is 0. The molecule has 0 bridgehead atoms. The molecule has 0 heterocycles. The summed E-state index contributed by atoms with van der Waals surface area (Å²) in [5.41, 5.74) is 3.25. The molecule has 3 rings (SSSR count). The maximum Gasteiger partial charge on any atom is 0.0104 e. The molecule has 2 aliphatic carbocycles. The fourth-order valence-corrected chi connectivity index (χ4v) is 3.99. The van der Waals surface area contributed by atoms with Crippen LogP contribution in [0.15, 0.2) is 24.3 Å². The molecular formula is C18H27N. The monoisotopic (exact) mass is 257 g/mol. The van der Waals surface area contributed by atoms with Gasteiger partial charge in [0.1, 0.15) is 0 Å². The Labute approximate surface area is 117 Å². The molecule has 104 valence electrons. The number of aryl methyl sites for hydroxylation is 1. The zero-order chi connectivity index (χ0) is 13.2. The van der Waals surface area contributed by atoms with Gasteiger partial charge in [0.2, 0.25) is 0 Å². The number of hydrogen-bond donors (Lipinski definition) is 1. The van der Waals surface area contributed by atoms with Crippen LogP contribution in [0.3, 0.4) is 0 Å². The summed E-state index contributed by atoms with van der Waals surface area (Å²) in [6.07, 6.45) is 6.84. The first kappa shape index (κ1) is 13.2. The zero-order valence-electron chi connectivity index (χ0n) is 12.4. The number of benzene rings is 1. The van der Waals surface area contributed by atoms with E-state index in [1.165, 1.54) is 32.1 Å². The lowest BCUT2D eigenvalue weighted by Crippen LogP contribution is -2.33. The summed E-state index contributed by atoms with van der Waals surface area (Å²) in [5.74, 6) is 2.68. The summed E-state index contributed by atoms with van der Waals surface area (Å²) in [6, 6.07) is 9.88. The largest absolute Gasteiger partial charge is 0.314 e. The topological polar surface area (TPSA) is 12.0 Å². The molecule has 0 spiro atoms. The van der Waals surface area contributed by atoms with Gasteiger partial charge in [-0.1, -0.05) is 38.1 Å². The second-order valence-corrected chi connectivity index (χ2v) is 6.56. The average Bonchev–Trinajstić information content (AvgIpc) is 3.16. The Morgan fingerprint density at radius 2 is 2.11 bits per heavy atom. The van der Waals surface area contributed by atoms with E-state index in [2.05, 4.69) is 43.4 Å². The fraction of sp³-hybridized carbons (Fsp3) is 0.667. The van der Waals surface area contributed by atoms with Gasteiger partial charge in [-0.3, -0.25) is 0 Å². The first-order valence-electron chi connectivity index (χ1n) is 8.10. The van der Waals surface area contributed by atoms with Gasteiger partial charge in [-0.15, -0.1) is 0 Å². The lowest BCUT2D eigenvalue weighted by Gasteiger charge is -2.29. The molecule has 0 radical (unpaired) electrons. The number of fused-ring (bicyclic) bond motifs is 1. The highest BCUT2D eigenvalue weighted by atomic mass is 14.9. The van der Waals surface area contributed by atoms with E-state index in [-0.39, 0.29) is 0 Å². The highest BCUT2D eigenvalue weighted by Crippen LogP contribution is 2.45. The summed E-state index contributed by atoms with van der Waals surface area (Å²) in [4.78, 5) is 0. The molecule has 1 aromatic rings. The second kappa shape index (κ2) is 5.66. The highest BCUT2D eigenvalue weighted by Gasteiger charge is 2.40. The van der Waals surface area contributed by atoms with Crippen molar-refractivity contribution in [3.8, 4) is 0 Å². The lowest BCUT2D eigenvalue weighted by atomic mass is 9.79. The van der Waals surface area contributed by atoms with E-state index in [4.69, 9.17) is 0 Å². The summed E-state index contributed by atoms with van der Waals surface area (Å²) in [7, 11) is 0. The maximum absolute atomic E-state index is 3.75. The molecule has 1 aromatic carbocycles. The third-order valence-electron chi connectivity index (χ3n) is 5.19. The van der Waals surface area contributed by atoms with Crippen LogP contribution in [0.2, 0.25) is 0 Å². The van der Waals surface area contributed by atoms with Gasteiger partial charge in [-0.2, -0.15) is 0 Å². The fourth-order valence-electron chi connectivity index (χ4n) is 3.99. The normalized spacial score (nSPS) is 30.7. The predicted molar refractivity (Wildman–Crippen MR) is 81.5 cm³/mol. The van der Waals surface area contributed by atoms with Gasteiger partial charge in [-0.25, -0.2) is 0 Å². The minimum Gasteiger partial charge on any atom is -0.314 e. The van der Waals surface area contributed by atoms with Crippen molar-refractivity contribution in [3.63, 3.8) is 0 Å². The third kappa shape index (κ3) is 2.86. The van der Waals surface area contributed by atoms with E-state index in [1.807, 2.05) is 0 Å². The van der Waals surface area contributed by atoms with E-state index >= 15 is 0 Å². The SMILES string of the molecule is CCNC(CC1CCCc2ccccc21)C1CC1C. The number of rotatable bonds is 5. The Hall–Kier alpha value is -0.820. The van der Waals surface area contributed by atoms with Crippen molar-refractivity contribution in [2.75, 3.05) is 6.54 Å². The summed E-state index contributed by atoms with van der Waals surface area (Å²) < 4.78 is 0. The minimum absolute atomic E-state index is 0.746. The van der Waals surface area contributed by atoms with Crippen LogP contribution in [0.4, 0.5) is 0 Å². The van der Waals surface area contributed by atoms with Gasteiger partial charge in [0.25, 0.3) is 0 Å². The molecule has 19 heavy (non-hydrogen) atoms. The Morgan fingerprint density at radius 1 is 1.32 bits per heavy atom. The van der Waals surface area contributed by atoms with Gasteiger partial charge in [-0.05, 0) is 67.5 Å². The van der Waals surface area contributed by atoms with Crippen LogP contribution in [0.1, 0.15) is 56.6 Å². The van der Waals surface area contributed by atoms with E-state index in [0.717, 1.165) is 30.3 Å². The predicted octanol–water partition coefficient (Wildman–Crippen LogP) is 4.13. The maximum atomic E-state index is 3.75. The van der Waals surface area contributed by atoms with Gasteiger partial charge in [0.05, 0.1) is 0 Å². The van der Waals surface area contributed by atoms with Crippen LogP contribution >= 0.6 is 0 Å². The Kier molecular flexibility index (Phi) is 3.93. The van der Waals surface area contributed by atoms with Crippen molar-refractivity contribution in [3.05, 3.63) is 35.4 Å². The summed E-state index contributed by atoms with van der Waals surface area (Å²) in [5, 5.41) is 3.75. The van der Waals surface area contributed by atoms with Crippen molar-refractivity contribution < 1.29 is 0 Å². The second-order valence-electron chi connectivity index (χ2n) is 6.56. The van der Waals surface area contributed by atoms with Crippen molar-refractivity contribution in [1.82, 2.24) is 5.32 Å². The molecule has 1 N–H and O–H groups in total. The van der Waals surface area contributed by atoms with Crippen LogP contribution in [0.25, 0.3) is 0 Å². The first-order valence-corrected chi connectivity index (χ1v) is 8.10. The first-order chi connectivity index (χ1) is 9.29. The average molecular weight is 257 g/mol. The van der Waals surface area contributed by atoms with Crippen molar-refractivity contribution in [2.45, 2.75) is 57.9 Å². The van der Waals surface area contributed by atoms with Crippen LogP contribution in [-0.2, 0) is 6.42 Å². The Bertz CT molecular complexity index is 425. The molecule has 0 saturated heterocycles. The molecule has 0 aliphatic heterocycles. The van der Waals surface area contributed by atoms with Crippen molar-refractivity contribution in [1.29, 1.82) is 0 Å². The zero-order valence-corrected chi connectivity index (χ0v) is 12.4. The molecule has 1 nitrogen and oxygen atoms in total.